The van der Waals surface area contributed by atoms with E-state index >= 15 is 0 Å². The monoisotopic (exact) mass is 476 g/mol. The lowest BCUT2D eigenvalue weighted by Crippen LogP contribution is -2.46. The maximum Gasteiger partial charge on any atom is 0.416 e. The maximum atomic E-state index is 12.9. The molecule has 2 amide bonds. The Labute approximate surface area is 183 Å². The number of carbonyl (C=O) groups is 3. The highest BCUT2D eigenvalue weighted by atomic mass is 19.4. The van der Waals surface area contributed by atoms with Crippen molar-refractivity contribution >= 4 is 17.8 Å². The predicted octanol–water partition coefficient (Wildman–Crippen LogP) is 3.37. The Bertz CT molecular complexity index is 974. The zero-order valence-electron chi connectivity index (χ0n) is 16.8. The lowest BCUT2D eigenvalue weighted by molar-refractivity contribution is -0.147. The number of primary amides is 1. The number of halogens is 6. The normalized spacial score (nSPS) is 12.7. The number of hydrogen-bond donors (Lipinski definition) is 2. The highest BCUT2D eigenvalue weighted by molar-refractivity contribution is 5.90. The average molecular weight is 476 g/mol. The highest BCUT2D eigenvalue weighted by Gasteiger charge is 2.37. The molecule has 0 radical (unpaired) electrons. The Morgan fingerprint density at radius 2 is 1.42 bits per heavy atom. The Morgan fingerprint density at radius 1 is 0.879 bits per heavy atom. The molecule has 0 saturated carbocycles. The summed E-state index contributed by atoms with van der Waals surface area (Å²) in [5, 5.41) is 2.03. The summed E-state index contributed by atoms with van der Waals surface area (Å²) in [4.78, 5) is 35.7. The first-order chi connectivity index (χ1) is 15.3. The lowest BCUT2D eigenvalue weighted by Gasteiger charge is -2.17. The first-order valence-corrected chi connectivity index (χ1v) is 9.32. The minimum atomic E-state index is -5.08. The van der Waals surface area contributed by atoms with Crippen molar-refractivity contribution in [2.75, 3.05) is 0 Å². The fourth-order valence-corrected chi connectivity index (χ4v) is 2.74. The van der Waals surface area contributed by atoms with E-state index in [1.165, 1.54) is 0 Å². The molecule has 0 aliphatic rings. The van der Waals surface area contributed by atoms with Gasteiger partial charge in [0.25, 0.3) is 0 Å². The maximum absolute atomic E-state index is 12.9. The first-order valence-electron chi connectivity index (χ1n) is 9.32. The van der Waals surface area contributed by atoms with Gasteiger partial charge in [0.1, 0.15) is 12.6 Å². The van der Waals surface area contributed by atoms with Gasteiger partial charge < -0.3 is 15.8 Å². The van der Waals surface area contributed by atoms with Crippen molar-refractivity contribution in [3.63, 3.8) is 0 Å². The number of carbonyl (C=O) groups excluding carboxylic acids is 3. The predicted molar refractivity (Wildman–Crippen MR) is 102 cm³/mol. The van der Waals surface area contributed by atoms with Crippen LogP contribution in [0.1, 0.15) is 28.7 Å². The van der Waals surface area contributed by atoms with Crippen molar-refractivity contribution < 1.29 is 45.5 Å². The standard InChI is InChI=1S/C21H18F6N2O4/c22-20(23,24)14-6-13(7-15(9-14)21(25,26)27)8-17(30)29-16(19(28)32)10-18(31)33-11-12-4-2-1-3-5-12/h1-7,9,16H,8,10-11H2,(H2,28,32)(H,29,30)/t16-/m1/s1. The van der Waals surface area contributed by atoms with E-state index in [9.17, 15) is 40.7 Å². The number of amides is 2. The van der Waals surface area contributed by atoms with Crippen molar-refractivity contribution in [3.8, 4) is 0 Å². The number of esters is 1. The third-order valence-electron chi connectivity index (χ3n) is 4.30. The van der Waals surface area contributed by atoms with Crippen molar-refractivity contribution in [2.24, 2.45) is 5.73 Å². The number of ether oxygens (including phenoxy) is 1. The number of nitrogens with one attached hydrogen (secondary N) is 1. The molecule has 0 heterocycles. The topological polar surface area (TPSA) is 98.5 Å². The summed E-state index contributed by atoms with van der Waals surface area (Å²) in [7, 11) is 0. The molecule has 0 spiro atoms. The van der Waals surface area contributed by atoms with Crippen LogP contribution < -0.4 is 11.1 Å². The van der Waals surface area contributed by atoms with Gasteiger partial charge in [-0.15, -0.1) is 0 Å². The molecule has 2 aromatic rings. The van der Waals surface area contributed by atoms with Crippen molar-refractivity contribution in [1.29, 1.82) is 0 Å². The van der Waals surface area contributed by atoms with Crippen molar-refractivity contribution in [3.05, 3.63) is 70.8 Å². The summed E-state index contributed by atoms with van der Waals surface area (Å²) in [5.74, 6) is -3.15. The van der Waals surface area contributed by atoms with Gasteiger partial charge in [-0.25, -0.2) is 0 Å². The fraction of sp³-hybridized carbons (Fsp3) is 0.286. The Balaban J connectivity index is 2.07. The molecule has 0 fully saturated rings. The van der Waals surface area contributed by atoms with Crippen LogP contribution in [0.5, 0.6) is 0 Å². The summed E-state index contributed by atoms with van der Waals surface area (Å²) in [5.41, 5.74) is 2.02. The molecule has 0 aliphatic heterocycles. The Kier molecular flexibility index (Phi) is 8.07. The van der Waals surface area contributed by atoms with E-state index in [1.807, 2.05) is 5.32 Å². The van der Waals surface area contributed by atoms with Crippen LogP contribution in [0, 0.1) is 0 Å². The van der Waals surface area contributed by atoms with Crippen LogP contribution in [0.3, 0.4) is 0 Å². The summed E-state index contributed by atoms with van der Waals surface area (Å²) in [6.45, 7) is -0.121. The van der Waals surface area contributed by atoms with E-state index in [4.69, 9.17) is 10.5 Å². The van der Waals surface area contributed by atoms with E-state index in [0.717, 1.165) is 0 Å². The minimum Gasteiger partial charge on any atom is -0.461 e. The quantitative estimate of drug-likeness (QED) is 0.451. The summed E-state index contributed by atoms with van der Waals surface area (Å²) < 4.78 is 82.7. The van der Waals surface area contributed by atoms with Gasteiger partial charge in [-0.3, -0.25) is 14.4 Å². The second-order valence-corrected chi connectivity index (χ2v) is 6.96. The summed E-state index contributed by atoms with van der Waals surface area (Å²) in [6, 6.07) is 7.62. The SMILES string of the molecule is NC(=O)[C@@H](CC(=O)OCc1ccccc1)NC(=O)Cc1cc(C(F)(F)F)cc(C(F)(F)F)c1. The third-order valence-corrected chi connectivity index (χ3v) is 4.30. The fourth-order valence-electron chi connectivity index (χ4n) is 2.74. The summed E-state index contributed by atoms with van der Waals surface area (Å²) >= 11 is 0. The molecule has 0 aliphatic carbocycles. The number of nitrogens with two attached hydrogens (primary N) is 1. The van der Waals surface area contributed by atoms with Crippen LogP contribution in [-0.2, 0) is 44.5 Å². The van der Waals surface area contributed by atoms with Crippen molar-refractivity contribution in [2.45, 2.75) is 37.8 Å². The first kappa shape index (κ1) is 25.7. The minimum absolute atomic E-state index is 0.0731. The molecule has 0 unspecified atom stereocenters. The molecule has 33 heavy (non-hydrogen) atoms. The van der Waals surface area contributed by atoms with Crippen LogP contribution in [0.15, 0.2) is 48.5 Å². The van der Waals surface area contributed by atoms with Gasteiger partial charge in [0, 0.05) is 0 Å². The molecule has 2 aromatic carbocycles. The Hall–Kier alpha value is -3.57. The highest BCUT2D eigenvalue weighted by Crippen LogP contribution is 2.36. The third kappa shape index (κ3) is 8.13. The second kappa shape index (κ2) is 10.4. The summed E-state index contributed by atoms with van der Waals surface area (Å²) in [6.07, 6.45) is -11.8. The van der Waals surface area contributed by atoms with Gasteiger partial charge in [0.05, 0.1) is 24.0 Å². The number of rotatable bonds is 8. The van der Waals surface area contributed by atoms with Gasteiger partial charge in [0.15, 0.2) is 0 Å². The van der Waals surface area contributed by atoms with E-state index in [-0.39, 0.29) is 12.7 Å². The van der Waals surface area contributed by atoms with E-state index in [2.05, 4.69) is 0 Å². The van der Waals surface area contributed by atoms with Crippen LogP contribution in [-0.4, -0.2) is 23.8 Å². The van der Waals surface area contributed by atoms with E-state index < -0.39 is 65.7 Å². The van der Waals surface area contributed by atoms with E-state index in [1.54, 1.807) is 30.3 Å². The van der Waals surface area contributed by atoms with E-state index in [0.29, 0.717) is 17.7 Å². The van der Waals surface area contributed by atoms with Crippen LogP contribution in [0.25, 0.3) is 0 Å². The number of hydrogen-bond acceptors (Lipinski definition) is 4. The smallest absolute Gasteiger partial charge is 0.416 e. The van der Waals surface area contributed by atoms with Crippen LogP contribution >= 0.6 is 0 Å². The molecule has 3 N–H and O–H groups in total. The van der Waals surface area contributed by atoms with Crippen LogP contribution in [0.4, 0.5) is 26.3 Å². The van der Waals surface area contributed by atoms with Crippen LogP contribution in [0.2, 0.25) is 0 Å². The molecule has 1 atom stereocenters. The zero-order chi connectivity index (χ0) is 24.8. The number of benzene rings is 2. The van der Waals surface area contributed by atoms with Gasteiger partial charge in [-0.2, -0.15) is 26.3 Å². The Morgan fingerprint density at radius 3 is 1.91 bits per heavy atom. The lowest BCUT2D eigenvalue weighted by atomic mass is 10.0. The van der Waals surface area contributed by atoms with Gasteiger partial charge in [-0.05, 0) is 29.3 Å². The molecular weight excluding hydrogens is 458 g/mol. The molecule has 178 valence electrons. The van der Waals surface area contributed by atoms with Gasteiger partial charge in [-0.1, -0.05) is 30.3 Å². The average Bonchev–Trinajstić information content (AvgIpc) is 2.71. The molecule has 0 aromatic heterocycles. The number of alkyl halides is 6. The van der Waals surface area contributed by atoms with Crippen molar-refractivity contribution in [1.82, 2.24) is 5.32 Å². The molecule has 2 rings (SSSR count). The molecule has 12 heteroatoms. The molecule has 0 bridgehead atoms. The van der Waals surface area contributed by atoms with Gasteiger partial charge >= 0.3 is 18.3 Å². The molecular formula is C21H18F6N2O4. The molecule has 6 nitrogen and oxygen atoms in total. The molecule has 0 saturated heterocycles. The largest absolute Gasteiger partial charge is 0.461 e. The zero-order valence-corrected chi connectivity index (χ0v) is 16.8. The van der Waals surface area contributed by atoms with Gasteiger partial charge in [0.2, 0.25) is 11.8 Å². The second-order valence-electron chi connectivity index (χ2n) is 6.96.